The molecule has 1 N–H and O–H groups in total. The molecule has 6 nitrogen and oxygen atoms in total. The van der Waals surface area contributed by atoms with E-state index in [2.05, 4.69) is 5.32 Å². The first-order valence-electron chi connectivity index (χ1n) is 5.81. The highest BCUT2D eigenvalue weighted by atomic mass is 35.5. The second kappa shape index (κ2) is 5.83. The Morgan fingerprint density at radius 1 is 1.40 bits per heavy atom. The molecule has 1 aromatic heterocycles. The molecule has 1 aromatic carbocycles. The molecule has 0 radical (unpaired) electrons. The molecule has 20 heavy (non-hydrogen) atoms. The molecule has 2 aromatic rings. The molecule has 0 bridgehead atoms. The van der Waals surface area contributed by atoms with Crippen LogP contribution in [0.15, 0.2) is 27.4 Å². The molecule has 0 saturated heterocycles. The fraction of sp³-hybridized carbons (Fsp3) is 0.231. The number of rotatable bonds is 3. The zero-order valence-electron chi connectivity index (χ0n) is 10.9. The Kier molecular flexibility index (Phi) is 4.14. The summed E-state index contributed by atoms with van der Waals surface area (Å²) in [4.78, 5) is 23.1. The van der Waals surface area contributed by atoms with Crippen LogP contribution in [-0.4, -0.2) is 19.8 Å². The Morgan fingerprint density at radius 3 is 2.80 bits per heavy atom. The first-order valence-corrected chi connectivity index (χ1v) is 6.18. The normalized spacial score (nSPS) is 10.3. The third kappa shape index (κ3) is 2.70. The van der Waals surface area contributed by atoms with Gasteiger partial charge in [0.1, 0.15) is 5.02 Å². The van der Waals surface area contributed by atoms with Gasteiger partial charge in [0.15, 0.2) is 0 Å². The van der Waals surface area contributed by atoms with Crippen molar-refractivity contribution >= 4 is 34.2 Å². The average Bonchev–Trinajstić information content (AvgIpc) is 2.43. The predicted octanol–water partition coefficient (Wildman–Crippen LogP) is 3.02. The maximum Gasteiger partial charge on any atom is 0.411 e. The molecule has 2 rings (SSSR count). The number of anilines is 1. The van der Waals surface area contributed by atoms with Crippen molar-refractivity contribution in [2.24, 2.45) is 0 Å². The van der Waals surface area contributed by atoms with E-state index in [4.69, 9.17) is 25.5 Å². The summed E-state index contributed by atoms with van der Waals surface area (Å²) in [6, 6.07) is 4.66. The monoisotopic (exact) mass is 297 g/mol. The molecule has 0 fully saturated rings. The number of nitrogens with one attached hydrogen (secondary N) is 1. The maximum atomic E-state index is 11.8. The summed E-state index contributed by atoms with van der Waals surface area (Å²) in [6.45, 7) is 1.95. The lowest BCUT2D eigenvalue weighted by Crippen LogP contribution is -2.13. The van der Waals surface area contributed by atoms with Crippen LogP contribution in [0.1, 0.15) is 6.92 Å². The first-order chi connectivity index (χ1) is 9.56. The van der Waals surface area contributed by atoms with Gasteiger partial charge in [0.2, 0.25) is 0 Å². The van der Waals surface area contributed by atoms with E-state index in [0.29, 0.717) is 11.1 Å². The molecule has 7 heteroatoms. The van der Waals surface area contributed by atoms with Gasteiger partial charge in [-0.05, 0) is 19.1 Å². The highest BCUT2D eigenvalue weighted by Crippen LogP contribution is 2.31. The van der Waals surface area contributed by atoms with Crippen molar-refractivity contribution in [3.05, 3.63) is 33.6 Å². The highest BCUT2D eigenvalue weighted by Gasteiger charge is 2.13. The molecule has 0 aliphatic carbocycles. The minimum Gasteiger partial charge on any atom is -0.467 e. The third-order valence-corrected chi connectivity index (χ3v) is 2.91. The van der Waals surface area contributed by atoms with Gasteiger partial charge in [0.05, 0.1) is 19.1 Å². The van der Waals surface area contributed by atoms with Gasteiger partial charge < -0.3 is 13.9 Å². The number of halogens is 1. The summed E-state index contributed by atoms with van der Waals surface area (Å²) < 4.78 is 14.5. The predicted molar refractivity (Wildman–Crippen MR) is 74.7 cm³/mol. The molecule has 0 aliphatic rings. The lowest BCUT2D eigenvalue weighted by Gasteiger charge is -2.08. The quantitative estimate of drug-likeness (QED) is 0.942. The molecule has 0 unspecified atom stereocenters. The highest BCUT2D eigenvalue weighted by molar-refractivity contribution is 6.36. The molecule has 0 saturated carbocycles. The summed E-state index contributed by atoms with van der Waals surface area (Å²) >= 11 is 6.05. The molecule has 1 amide bonds. The van der Waals surface area contributed by atoms with Crippen molar-refractivity contribution in [3.63, 3.8) is 0 Å². The van der Waals surface area contributed by atoms with Gasteiger partial charge in [-0.1, -0.05) is 17.7 Å². The second-order valence-electron chi connectivity index (χ2n) is 3.80. The second-order valence-corrected chi connectivity index (χ2v) is 4.18. The zero-order chi connectivity index (χ0) is 14.7. The Bertz CT molecular complexity index is 710. The number of hydrogen-bond acceptors (Lipinski definition) is 5. The molecular formula is C13H12ClNO5. The topological polar surface area (TPSA) is 77.8 Å². The van der Waals surface area contributed by atoms with E-state index in [1.165, 1.54) is 13.2 Å². The van der Waals surface area contributed by atoms with E-state index < -0.39 is 11.7 Å². The summed E-state index contributed by atoms with van der Waals surface area (Å²) in [6.07, 6.45) is -0.601. The average molecular weight is 298 g/mol. The van der Waals surface area contributed by atoms with Crippen LogP contribution in [0.2, 0.25) is 5.02 Å². The number of methoxy groups -OCH3 is 1. The Balaban J connectivity index is 2.47. The van der Waals surface area contributed by atoms with Crippen molar-refractivity contribution in [2.75, 3.05) is 19.0 Å². The van der Waals surface area contributed by atoms with Gasteiger partial charge in [-0.15, -0.1) is 0 Å². The Morgan fingerprint density at radius 2 is 2.15 bits per heavy atom. The molecule has 106 valence electrons. The number of carbonyl (C=O) groups excluding carboxylic acids is 1. The summed E-state index contributed by atoms with van der Waals surface area (Å²) in [5.74, 6) is -0.0460. The number of amides is 1. The molecular weight excluding hydrogens is 286 g/mol. The van der Waals surface area contributed by atoms with Crippen molar-refractivity contribution < 1.29 is 18.7 Å². The van der Waals surface area contributed by atoms with E-state index >= 15 is 0 Å². The zero-order valence-corrected chi connectivity index (χ0v) is 11.6. The number of benzene rings is 1. The number of hydrogen-bond donors (Lipinski definition) is 1. The lowest BCUT2D eigenvalue weighted by molar-refractivity contribution is 0.168. The first kappa shape index (κ1) is 14.2. The van der Waals surface area contributed by atoms with Crippen LogP contribution < -0.4 is 15.7 Å². The van der Waals surface area contributed by atoms with Gasteiger partial charge in [-0.3, -0.25) is 5.32 Å². The van der Waals surface area contributed by atoms with E-state index in [1.807, 2.05) is 0 Å². The Labute approximate surface area is 119 Å². The molecule has 0 aliphatic heterocycles. The smallest absolute Gasteiger partial charge is 0.411 e. The van der Waals surface area contributed by atoms with Crippen LogP contribution in [0.4, 0.5) is 10.5 Å². The fourth-order valence-corrected chi connectivity index (χ4v) is 1.97. The van der Waals surface area contributed by atoms with Crippen LogP contribution in [0.5, 0.6) is 5.95 Å². The number of carbonyl (C=O) groups is 1. The van der Waals surface area contributed by atoms with Gasteiger partial charge >= 0.3 is 17.7 Å². The summed E-state index contributed by atoms with van der Waals surface area (Å²) in [5.41, 5.74) is -0.196. The third-order valence-electron chi connectivity index (χ3n) is 2.55. The number of fused-ring (bicyclic) bond motifs is 1. The minimum absolute atomic E-state index is 0.0460. The van der Waals surface area contributed by atoms with E-state index in [-0.39, 0.29) is 23.0 Å². The van der Waals surface area contributed by atoms with Crippen LogP contribution in [0.3, 0.4) is 0 Å². The molecule has 1 heterocycles. The van der Waals surface area contributed by atoms with E-state index in [0.717, 1.165) is 0 Å². The fourth-order valence-electron chi connectivity index (χ4n) is 1.69. The minimum atomic E-state index is -0.603. The van der Waals surface area contributed by atoms with Crippen LogP contribution in [-0.2, 0) is 4.74 Å². The number of ether oxygens (including phenoxy) is 2. The van der Waals surface area contributed by atoms with Crippen molar-refractivity contribution in [2.45, 2.75) is 6.92 Å². The van der Waals surface area contributed by atoms with Crippen LogP contribution in [0, 0.1) is 0 Å². The lowest BCUT2D eigenvalue weighted by atomic mass is 10.1. The maximum absolute atomic E-state index is 11.8. The van der Waals surface area contributed by atoms with Gasteiger partial charge in [-0.2, -0.15) is 0 Å². The summed E-state index contributed by atoms with van der Waals surface area (Å²) in [5, 5.41) is 3.41. The van der Waals surface area contributed by atoms with Crippen LogP contribution >= 0.6 is 11.6 Å². The van der Waals surface area contributed by atoms with E-state index in [1.54, 1.807) is 19.1 Å². The van der Waals surface area contributed by atoms with Gasteiger partial charge in [0.25, 0.3) is 0 Å². The SMILES string of the molecule is CCOC(=O)Nc1ccc2c(Cl)c(OC)oc(=O)c2c1. The molecule has 0 atom stereocenters. The summed E-state index contributed by atoms with van der Waals surface area (Å²) in [7, 11) is 1.35. The van der Waals surface area contributed by atoms with Crippen molar-refractivity contribution in [1.82, 2.24) is 0 Å². The Hall–Kier alpha value is -2.21. The van der Waals surface area contributed by atoms with E-state index in [9.17, 15) is 9.59 Å². The van der Waals surface area contributed by atoms with Crippen LogP contribution in [0.25, 0.3) is 10.8 Å². The van der Waals surface area contributed by atoms with Crippen molar-refractivity contribution in [3.8, 4) is 5.95 Å². The van der Waals surface area contributed by atoms with Gasteiger partial charge in [0, 0.05) is 11.1 Å². The molecule has 0 spiro atoms. The van der Waals surface area contributed by atoms with Crippen molar-refractivity contribution in [1.29, 1.82) is 0 Å². The largest absolute Gasteiger partial charge is 0.467 e. The standard InChI is InChI=1S/C13H12ClNO5/c1-3-19-13(17)15-7-4-5-8-9(6-7)11(16)20-12(18-2)10(8)14/h4-6H,3H2,1-2H3,(H,15,17). The van der Waals surface area contributed by atoms with Gasteiger partial charge in [-0.25, -0.2) is 9.59 Å².